The molecule has 0 aliphatic heterocycles. The summed E-state index contributed by atoms with van der Waals surface area (Å²) in [5.41, 5.74) is 8.99. The molecule has 0 spiro atoms. The molecule has 142 valence electrons. The van der Waals surface area contributed by atoms with Gasteiger partial charge in [0.15, 0.2) is 11.0 Å². The van der Waals surface area contributed by atoms with Crippen molar-refractivity contribution in [3.05, 3.63) is 83.4 Å². The van der Waals surface area contributed by atoms with Gasteiger partial charge < -0.3 is 0 Å². The molecule has 28 heavy (non-hydrogen) atoms. The first kappa shape index (κ1) is 18.5. The van der Waals surface area contributed by atoms with E-state index in [1.54, 1.807) is 0 Å². The van der Waals surface area contributed by atoms with Crippen molar-refractivity contribution in [2.24, 2.45) is 7.05 Å². The number of fused-ring (bicyclic) bond motifs is 1. The topological polar surface area (TPSA) is 8.81 Å². The smallest absolute Gasteiger partial charge is 0.225 e. The summed E-state index contributed by atoms with van der Waals surface area (Å²) >= 11 is 0. The summed E-state index contributed by atoms with van der Waals surface area (Å²) in [4.78, 5) is 0. The summed E-state index contributed by atoms with van der Waals surface area (Å²) < 4.78 is 4.73. The lowest BCUT2D eigenvalue weighted by Gasteiger charge is -2.20. The van der Waals surface area contributed by atoms with E-state index in [2.05, 4.69) is 118 Å². The van der Waals surface area contributed by atoms with E-state index < -0.39 is 0 Å². The minimum Gasteiger partial charge on any atom is -0.225 e. The molecule has 0 saturated carbocycles. The van der Waals surface area contributed by atoms with Crippen LogP contribution >= 0.6 is 0 Å². The van der Waals surface area contributed by atoms with Crippen molar-refractivity contribution < 1.29 is 4.57 Å². The number of aromatic nitrogens is 2. The first-order valence-electron chi connectivity index (χ1n) is 9.95. The van der Waals surface area contributed by atoms with Gasteiger partial charge in [0, 0.05) is 0 Å². The molecule has 3 aromatic carbocycles. The Labute approximate surface area is 168 Å². The maximum Gasteiger partial charge on any atom is 0.295 e. The molecule has 4 rings (SSSR count). The summed E-state index contributed by atoms with van der Waals surface area (Å²) in [5, 5.41) is 0. The van der Waals surface area contributed by atoms with Crippen LogP contribution in [0.3, 0.4) is 0 Å². The van der Waals surface area contributed by atoms with E-state index in [0.717, 1.165) is 0 Å². The molecule has 1 heterocycles. The maximum atomic E-state index is 2.39. The first-order valence-corrected chi connectivity index (χ1v) is 9.95. The summed E-state index contributed by atoms with van der Waals surface area (Å²) in [6.07, 6.45) is 0. The van der Waals surface area contributed by atoms with E-state index in [9.17, 15) is 0 Å². The summed E-state index contributed by atoms with van der Waals surface area (Å²) in [5.74, 6) is 1.22. The van der Waals surface area contributed by atoms with Gasteiger partial charge in [0.1, 0.15) is 5.69 Å². The zero-order valence-electron chi connectivity index (χ0n) is 17.7. The Morgan fingerprint density at radius 3 is 2.21 bits per heavy atom. The van der Waals surface area contributed by atoms with Gasteiger partial charge in [0.2, 0.25) is 0 Å². The lowest BCUT2D eigenvalue weighted by atomic mass is 9.85. The van der Waals surface area contributed by atoms with E-state index in [0.29, 0.717) is 0 Å². The Hall–Kier alpha value is -2.87. The molecule has 1 aromatic heterocycles. The van der Waals surface area contributed by atoms with Crippen molar-refractivity contribution >= 4 is 11.0 Å². The highest BCUT2D eigenvalue weighted by molar-refractivity contribution is 5.80. The zero-order chi connectivity index (χ0) is 20.1. The van der Waals surface area contributed by atoms with E-state index in [4.69, 9.17) is 0 Å². The predicted molar refractivity (Wildman–Crippen MR) is 118 cm³/mol. The van der Waals surface area contributed by atoms with Crippen LogP contribution in [0.15, 0.2) is 66.7 Å². The lowest BCUT2D eigenvalue weighted by Crippen LogP contribution is -2.30. The van der Waals surface area contributed by atoms with Crippen molar-refractivity contribution in [1.29, 1.82) is 0 Å². The molecule has 2 nitrogen and oxygen atoms in total. The van der Waals surface area contributed by atoms with Crippen LogP contribution in [0.4, 0.5) is 0 Å². The van der Waals surface area contributed by atoms with Crippen LogP contribution in [0.25, 0.3) is 28.1 Å². The Balaban J connectivity index is 2.12. The van der Waals surface area contributed by atoms with Gasteiger partial charge in [-0.15, -0.1) is 0 Å². The fourth-order valence-electron chi connectivity index (χ4n) is 3.94. The highest BCUT2D eigenvalue weighted by Gasteiger charge is 2.28. The average molecular weight is 370 g/mol. The number of nitrogens with zero attached hydrogens (tertiary/aromatic N) is 2. The molecule has 0 N–H and O–H groups in total. The standard InChI is InChI=1S/C26H29N2/c1-18-12-15-23-24(16-18)27(6)25(28(23)21-10-8-7-9-11-21)22-17-20(26(3,4)5)14-13-19(22)2/h7-17H,1-6H3/q+1. The molecule has 0 aliphatic carbocycles. The van der Waals surface area contributed by atoms with Gasteiger partial charge >= 0.3 is 0 Å². The van der Waals surface area contributed by atoms with E-state index in [1.165, 1.54) is 44.8 Å². The van der Waals surface area contributed by atoms with Crippen molar-refractivity contribution in [2.45, 2.75) is 40.0 Å². The molecule has 0 unspecified atom stereocenters. The normalized spacial score (nSPS) is 11.9. The van der Waals surface area contributed by atoms with Crippen LogP contribution in [-0.2, 0) is 12.5 Å². The minimum atomic E-state index is 0.112. The monoisotopic (exact) mass is 369 g/mol. The fourth-order valence-corrected chi connectivity index (χ4v) is 3.94. The quantitative estimate of drug-likeness (QED) is 0.381. The SMILES string of the molecule is Cc1ccc2c(c1)[n+](C)c(-c1cc(C(C)(C)C)ccc1C)n2-c1ccccc1. The molecule has 0 atom stereocenters. The third-order valence-corrected chi connectivity index (χ3v) is 5.62. The largest absolute Gasteiger partial charge is 0.295 e. The van der Waals surface area contributed by atoms with Crippen LogP contribution in [0, 0.1) is 13.8 Å². The third kappa shape index (κ3) is 3.03. The Bertz CT molecular complexity index is 1160. The second kappa shape index (κ2) is 6.63. The molecular formula is C26H29N2+. The summed E-state index contributed by atoms with van der Waals surface area (Å²) in [7, 11) is 2.18. The Kier molecular flexibility index (Phi) is 4.38. The van der Waals surface area contributed by atoms with Crippen LogP contribution in [0.1, 0.15) is 37.5 Å². The molecule has 0 aliphatic rings. The van der Waals surface area contributed by atoms with Gasteiger partial charge in [-0.25, -0.2) is 4.57 Å². The molecule has 0 saturated heterocycles. The molecule has 4 aromatic rings. The number of rotatable bonds is 2. The highest BCUT2D eigenvalue weighted by Crippen LogP contribution is 2.33. The fraction of sp³-hybridized carbons (Fsp3) is 0.269. The molecule has 0 radical (unpaired) electrons. The van der Waals surface area contributed by atoms with Crippen LogP contribution in [0.2, 0.25) is 0 Å². The van der Waals surface area contributed by atoms with Crippen molar-refractivity contribution in [2.75, 3.05) is 0 Å². The van der Waals surface area contributed by atoms with Crippen molar-refractivity contribution in [3.63, 3.8) is 0 Å². The van der Waals surface area contributed by atoms with Gasteiger partial charge in [-0.3, -0.25) is 0 Å². The Morgan fingerprint density at radius 1 is 0.821 bits per heavy atom. The maximum absolute atomic E-state index is 2.39. The van der Waals surface area contributed by atoms with Crippen LogP contribution in [0.5, 0.6) is 0 Å². The van der Waals surface area contributed by atoms with Gasteiger partial charge in [-0.2, -0.15) is 4.57 Å². The van der Waals surface area contributed by atoms with E-state index >= 15 is 0 Å². The molecule has 0 bridgehead atoms. The Morgan fingerprint density at radius 2 is 1.54 bits per heavy atom. The molecule has 2 heteroatoms. The van der Waals surface area contributed by atoms with Crippen LogP contribution < -0.4 is 4.57 Å². The van der Waals surface area contributed by atoms with Gasteiger partial charge in [0.25, 0.3) is 5.82 Å². The average Bonchev–Trinajstić information content (AvgIpc) is 2.94. The molecule has 0 fully saturated rings. The number of benzene rings is 3. The van der Waals surface area contributed by atoms with Gasteiger partial charge in [-0.05, 0) is 66.3 Å². The second-order valence-corrected chi connectivity index (χ2v) is 8.83. The van der Waals surface area contributed by atoms with Crippen molar-refractivity contribution in [3.8, 4) is 17.1 Å². The van der Waals surface area contributed by atoms with E-state index in [-0.39, 0.29) is 5.41 Å². The summed E-state index contributed by atoms with van der Waals surface area (Å²) in [6.45, 7) is 11.2. The number of aryl methyl sites for hydroxylation is 3. The first-order chi connectivity index (χ1) is 13.3. The molecular weight excluding hydrogens is 340 g/mol. The highest BCUT2D eigenvalue weighted by atomic mass is 15.2. The minimum absolute atomic E-state index is 0.112. The number of para-hydroxylation sites is 1. The van der Waals surface area contributed by atoms with Crippen LogP contribution in [-0.4, -0.2) is 4.57 Å². The lowest BCUT2D eigenvalue weighted by molar-refractivity contribution is -0.633. The van der Waals surface area contributed by atoms with Gasteiger partial charge in [-0.1, -0.05) is 57.2 Å². The number of hydrogen-bond donors (Lipinski definition) is 0. The van der Waals surface area contributed by atoms with Gasteiger partial charge in [0.05, 0.1) is 12.6 Å². The third-order valence-electron chi connectivity index (χ3n) is 5.62. The van der Waals surface area contributed by atoms with Crippen molar-refractivity contribution in [1.82, 2.24) is 4.57 Å². The molecule has 0 amide bonds. The predicted octanol–water partition coefficient (Wildman–Crippen LogP) is 6.04. The second-order valence-electron chi connectivity index (χ2n) is 8.83. The number of hydrogen-bond acceptors (Lipinski definition) is 0. The number of imidazole rings is 1. The summed E-state index contributed by atoms with van der Waals surface area (Å²) in [6, 6.07) is 24.3. The zero-order valence-corrected chi connectivity index (χ0v) is 17.7. The van der Waals surface area contributed by atoms with E-state index in [1.807, 2.05) is 0 Å².